The first kappa shape index (κ1) is 16.5. The third-order valence-electron chi connectivity index (χ3n) is 4.24. The lowest BCUT2D eigenvalue weighted by Gasteiger charge is -2.15. The fourth-order valence-electron chi connectivity index (χ4n) is 2.95. The van der Waals surface area contributed by atoms with E-state index in [4.69, 9.17) is 4.74 Å². The molecule has 3 aromatic heterocycles. The Morgan fingerprint density at radius 2 is 2.36 bits per heavy atom. The average molecular weight is 374 g/mol. The molecular formula is C18H19N3O2S2. The number of carbonyl (C=O) groups is 1. The molecule has 5 nitrogen and oxygen atoms in total. The van der Waals surface area contributed by atoms with Crippen LogP contribution in [0.2, 0.25) is 0 Å². The molecule has 0 aliphatic carbocycles. The highest BCUT2D eigenvalue weighted by molar-refractivity contribution is 7.14. The zero-order valence-electron chi connectivity index (χ0n) is 13.9. The largest absolute Gasteiger partial charge is 0.373 e. The summed E-state index contributed by atoms with van der Waals surface area (Å²) < 4.78 is 5.70. The number of rotatable bonds is 5. The lowest BCUT2D eigenvalue weighted by atomic mass is 10.2. The highest BCUT2D eigenvalue weighted by Gasteiger charge is 2.22. The van der Waals surface area contributed by atoms with Crippen molar-refractivity contribution in [1.82, 2.24) is 15.1 Å². The molecule has 25 heavy (non-hydrogen) atoms. The summed E-state index contributed by atoms with van der Waals surface area (Å²) in [4.78, 5) is 17.4. The SMILES string of the molecule is CN(Cc1cc(-c2cccs2)n[nH]1)C(=O)c1ccc([C@@H]2CCCO2)s1. The molecule has 1 amide bonds. The van der Waals surface area contributed by atoms with Gasteiger partial charge in [-0.15, -0.1) is 22.7 Å². The van der Waals surface area contributed by atoms with Gasteiger partial charge >= 0.3 is 0 Å². The van der Waals surface area contributed by atoms with Crippen molar-refractivity contribution in [3.63, 3.8) is 0 Å². The fraction of sp³-hybridized carbons (Fsp3) is 0.333. The van der Waals surface area contributed by atoms with Gasteiger partial charge in [-0.3, -0.25) is 9.89 Å². The van der Waals surface area contributed by atoms with Gasteiger partial charge in [-0.1, -0.05) is 6.07 Å². The fourth-order valence-corrected chi connectivity index (χ4v) is 4.72. The average Bonchev–Trinajstić information content (AvgIpc) is 3.41. The van der Waals surface area contributed by atoms with Crippen LogP contribution in [0.3, 0.4) is 0 Å². The Morgan fingerprint density at radius 1 is 1.44 bits per heavy atom. The maximum Gasteiger partial charge on any atom is 0.264 e. The maximum absolute atomic E-state index is 12.7. The molecular weight excluding hydrogens is 354 g/mol. The van der Waals surface area contributed by atoms with Crippen LogP contribution in [0, 0.1) is 0 Å². The molecule has 0 saturated carbocycles. The molecule has 1 fully saturated rings. The van der Waals surface area contributed by atoms with Crippen molar-refractivity contribution in [2.45, 2.75) is 25.5 Å². The molecule has 1 saturated heterocycles. The van der Waals surface area contributed by atoms with Gasteiger partial charge in [-0.2, -0.15) is 5.10 Å². The number of amides is 1. The standard InChI is InChI=1S/C18H19N3O2S2/c1-21(11-12-10-13(20-19-12)15-5-3-9-24-15)18(22)17-7-6-16(25-17)14-4-2-8-23-14/h3,5-7,9-10,14H,2,4,8,11H2,1H3,(H,19,20)/t14-/m0/s1. The summed E-state index contributed by atoms with van der Waals surface area (Å²) >= 11 is 3.19. The Kier molecular flexibility index (Phi) is 4.70. The van der Waals surface area contributed by atoms with Crippen molar-refractivity contribution >= 4 is 28.6 Å². The summed E-state index contributed by atoms with van der Waals surface area (Å²) in [6, 6.07) is 9.98. The number of H-pyrrole nitrogens is 1. The topological polar surface area (TPSA) is 58.2 Å². The molecule has 0 bridgehead atoms. The lowest BCUT2D eigenvalue weighted by Crippen LogP contribution is -2.25. The number of hydrogen-bond acceptors (Lipinski definition) is 5. The molecule has 1 aliphatic heterocycles. The van der Waals surface area contributed by atoms with Gasteiger partial charge in [0.15, 0.2) is 0 Å². The second-order valence-corrected chi connectivity index (χ2v) is 8.18. The first-order chi connectivity index (χ1) is 12.2. The Morgan fingerprint density at radius 3 is 3.12 bits per heavy atom. The van der Waals surface area contributed by atoms with E-state index in [1.165, 1.54) is 0 Å². The number of aromatic amines is 1. The van der Waals surface area contributed by atoms with Crippen LogP contribution < -0.4 is 0 Å². The van der Waals surface area contributed by atoms with Crippen LogP contribution in [-0.4, -0.2) is 34.7 Å². The summed E-state index contributed by atoms with van der Waals surface area (Å²) in [5.41, 5.74) is 1.85. The molecule has 7 heteroatoms. The zero-order chi connectivity index (χ0) is 17.2. The van der Waals surface area contributed by atoms with Crippen LogP contribution in [0.25, 0.3) is 10.6 Å². The number of thiophene rings is 2. The van der Waals surface area contributed by atoms with E-state index < -0.39 is 0 Å². The van der Waals surface area contributed by atoms with E-state index in [9.17, 15) is 4.79 Å². The Bertz CT molecular complexity index is 847. The third kappa shape index (κ3) is 3.53. The minimum atomic E-state index is 0.0292. The van der Waals surface area contributed by atoms with Crippen LogP contribution in [-0.2, 0) is 11.3 Å². The Hall–Kier alpha value is -1.96. The molecule has 4 rings (SSSR count). The predicted molar refractivity (Wildman–Crippen MR) is 99.9 cm³/mol. The van der Waals surface area contributed by atoms with E-state index in [0.717, 1.165) is 45.5 Å². The number of hydrogen-bond donors (Lipinski definition) is 1. The van der Waals surface area contributed by atoms with E-state index in [1.807, 2.05) is 42.8 Å². The zero-order valence-corrected chi connectivity index (χ0v) is 15.5. The number of ether oxygens (including phenoxy) is 1. The van der Waals surface area contributed by atoms with E-state index in [-0.39, 0.29) is 12.0 Å². The molecule has 3 aromatic rings. The second kappa shape index (κ2) is 7.11. The number of aromatic nitrogens is 2. The number of nitrogens with zero attached hydrogens (tertiary/aromatic N) is 2. The van der Waals surface area contributed by atoms with Crippen molar-refractivity contribution in [2.75, 3.05) is 13.7 Å². The van der Waals surface area contributed by atoms with Crippen molar-refractivity contribution in [2.24, 2.45) is 0 Å². The van der Waals surface area contributed by atoms with Crippen molar-refractivity contribution in [3.8, 4) is 10.6 Å². The van der Waals surface area contributed by atoms with Crippen molar-refractivity contribution in [1.29, 1.82) is 0 Å². The van der Waals surface area contributed by atoms with Gasteiger partial charge in [0.25, 0.3) is 5.91 Å². The summed E-state index contributed by atoms with van der Waals surface area (Å²) in [6.45, 7) is 1.32. The molecule has 1 atom stereocenters. The van der Waals surface area contributed by atoms with Gasteiger partial charge in [0, 0.05) is 18.5 Å². The highest BCUT2D eigenvalue weighted by Crippen LogP contribution is 2.33. The van der Waals surface area contributed by atoms with Crippen LogP contribution in [0.15, 0.2) is 35.7 Å². The normalized spacial score (nSPS) is 17.1. The Labute approximate surface area is 154 Å². The lowest BCUT2D eigenvalue weighted by molar-refractivity contribution is 0.0788. The summed E-state index contributed by atoms with van der Waals surface area (Å²) in [6.07, 6.45) is 2.31. The van der Waals surface area contributed by atoms with Crippen molar-refractivity contribution < 1.29 is 9.53 Å². The van der Waals surface area contributed by atoms with E-state index in [0.29, 0.717) is 6.54 Å². The smallest absolute Gasteiger partial charge is 0.264 e. The van der Waals surface area contributed by atoms with Gasteiger partial charge in [0.05, 0.1) is 28.1 Å². The number of nitrogens with one attached hydrogen (secondary N) is 1. The molecule has 0 radical (unpaired) electrons. The summed E-state index contributed by atoms with van der Waals surface area (Å²) in [5, 5.41) is 9.39. The molecule has 130 valence electrons. The quantitative estimate of drug-likeness (QED) is 0.724. The molecule has 0 unspecified atom stereocenters. The minimum Gasteiger partial charge on any atom is -0.373 e. The van der Waals surface area contributed by atoms with Crippen LogP contribution in [0.4, 0.5) is 0 Å². The van der Waals surface area contributed by atoms with E-state index in [2.05, 4.69) is 10.2 Å². The molecule has 1 N–H and O–H groups in total. The summed E-state index contributed by atoms with van der Waals surface area (Å²) in [5.74, 6) is 0.0292. The molecule has 0 spiro atoms. The molecule has 1 aliphatic rings. The van der Waals surface area contributed by atoms with Gasteiger partial charge < -0.3 is 9.64 Å². The van der Waals surface area contributed by atoms with E-state index >= 15 is 0 Å². The van der Waals surface area contributed by atoms with Gasteiger partial charge in [0.1, 0.15) is 5.69 Å². The molecule has 0 aromatic carbocycles. The first-order valence-corrected chi connectivity index (χ1v) is 9.95. The van der Waals surface area contributed by atoms with Gasteiger partial charge in [-0.25, -0.2) is 0 Å². The predicted octanol–water partition coefficient (Wildman–Crippen LogP) is 4.32. The Balaban J connectivity index is 1.42. The first-order valence-electron chi connectivity index (χ1n) is 8.25. The van der Waals surface area contributed by atoms with Crippen LogP contribution in [0.5, 0.6) is 0 Å². The molecule has 4 heterocycles. The monoisotopic (exact) mass is 373 g/mol. The second-order valence-electron chi connectivity index (χ2n) is 6.12. The number of carbonyl (C=O) groups excluding carboxylic acids is 1. The minimum absolute atomic E-state index is 0.0292. The van der Waals surface area contributed by atoms with Crippen LogP contribution in [0.1, 0.15) is 39.2 Å². The highest BCUT2D eigenvalue weighted by atomic mass is 32.1. The third-order valence-corrected chi connectivity index (χ3v) is 6.30. The van der Waals surface area contributed by atoms with Gasteiger partial charge in [-0.05, 0) is 42.5 Å². The van der Waals surface area contributed by atoms with Gasteiger partial charge in [0.2, 0.25) is 0 Å². The van der Waals surface area contributed by atoms with Crippen LogP contribution >= 0.6 is 22.7 Å². The maximum atomic E-state index is 12.7. The van der Waals surface area contributed by atoms with Crippen molar-refractivity contribution in [3.05, 3.63) is 51.2 Å². The summed E-state index contributed by atoms with van der Waals surface area (Å²) in [7, 11) is 1.82. The van der Waals surface area contributed by atoms with E-state index in [1.54, 1.807) is 27.6 Å².